The van der Waals surface area contributed by atoms with E-state index in [0.717, 1.165) is 66.9 Å². The van der Waals surface area contributed by atoms with E-state index in [4.69, 9.17) is 9.47 Å². The number of halogens is 3. The molecule has 1 aromatic carbocycles. The molecule has 0 saturated carbocycles. The van der Waals surface area contributed by atoms with Crippen molar-refractivity contribution in [3.8, 4) is 5.19 Å². The van der Waals surface area contributed by atoms with Gasteiger partial charge in [0.2, 0.25) is 0 Å². The molecule has 1 amide bonds. The summed E-state index contributed by atoms with van der Waals surface area (Å²) >= 11 is 1.24. The zero-order chi connectivity index (χ0) is 26.4. The van der Waals surface area contributed by atoms with Crippen molar-refractivity contribution in [1.82, 2.24) is 25.0 Å². The summed E-state index contributed by atoms with van der Waals surface area (Å²) in [6.07, 6.45) is 3.24. The number of aromatic nitrogens is 3. The number of rotatable bonds is 6. The third kappa shape index (κ3) is 7.65. The fourth-order valence-corrected chi connectivity index (χ4v) is 5.39. The maximum absolute atomic E-state index is 12.2. The van der Waals surface area contributed by atoms with Gasteiger partial charge < -0.3 is 14.8 Å². The van der Waals surface area contributed by atoms with Gasteiger partial charge in [-0.05, 0) is 44.2 Å². The highest BCUT2D eigenvalue weighted by Gasteiger charge is 2.30. The topological polar surface area (TPSA) is 81.5 Å². The molecule has 3 aromatic rings. The molecule has 8 nitrogen and oxygen atoms in total. The molecule has 12 heteroatoms. The summed E-state index contributed by atoms with van der Waals surface area (Å²) in [7, 11) is 3.46. The molecule has 1 N–H and O–H groups in total. The van der Waals surface area contributed by atoms with Crippen LogP contribution in [0, 0.1) is 0 Å². The monoisotopic (exact) mass is 539 g/mol. The Morgan fingerprint density at radius 1 is 1.32 bits per heavy atom. The van der Waals surface area contributed by atoms with Gasteiger partial charge in [-0.15, -0.1) is 0 Å². The number of benzene rings is 1. The lowest BCUT2D eigenvalue weighted by Crippen LogP contribution is -2.33. The quantitative estimate of drug-likeness (QED) is 0.502. The lowest BCUT2D eigenvalue weighted by Gasteiger charge is -2.29. The number of thiazole rings is 1. The molecule has 2 aliphatic rings. The summed E-state index contributed by atoms with van der Waals surface area (Å²) in [5.74, 6) is -0.0800. The van der Waals surface area contributed by atoms with Crippen LogP contribution < -0.4 is 10.1 Å². The highest BCUT2D eigenvalue weighted by Crippen LogP contribution is 2.31. The van der Waals surface area contributed by atoms with Crippen LogP contribution in [0.25, 0.3) is 10.9 Å². The third-order valence-corrected chi connectivity index (χ3v) is 7.39. The Bertz CT molecular complexity index is 1190. The van der Waals surface area contributed by atoms with E-state index >= 15 is 0 Å². The lowest BCUT2D eigenvalue weighted by molar-refractivity contribution is -0.153. The molecule has 0 aliphatic carbocycles. The van der Waals surface area contributed by atoms with Gasteiger partial charge >= 0.3 is 6.18 Å². The molecule has 5 rings (SSSR count). The van der Waals surface area contributed by atoms with Crippen molar-refractivity contribution < 1.29 is 27.4 Å². The summed E-state index contributed by atoms with van der Waals surface area (Å²) in [5.41, 5.74) is 2.37. The summed E-state index contributed by atoms with van der Waals surface area (Å²) in [5, 5.41) is 7.85. The molecule has 2 aromatic heterocycles. The first-order chi connectivity index (χ1) is 17.7. The van der Waals surface area contributed by atoms with Crippen LogP contribution in [-0.2, 0) is 24.8 Å². The van der Waals surface area contributed by atoms with Crippen LogP contribution in [0.4, 0.5) is 13.2 Å². The Morgan fingerprint density at radius 3 is 2.89 bits per heavy atom. The molecule has 37 heavy (non-hydrogen) atoms. The van der Waals surface area contributed by atoms with Crippen molar-refractivity contribution >= 4 is 28.1 Å². The van der Waals surface area contributed by atoms with E-state index in [0.29, 0.717) is 18.2 Å². The molecular weight excluding hydrogens is 507 g/mol. The predicted octanol–water partition coefficient (Wildman–Crippen LogP) is 4.33. The smallest absolute Gasteiger partial charge is 0.422 e. The Morgan fingerprint density at radius 2 is 2.16 bits per heavy atom. The maximum atomic E-state index is 12.2. The highest BCUT2D eigenvalue weighted by molar-refractivity contribution is 7.13. The van der Waals surface area contributed by atoms with Crippen LogP contribution in [0.2, 0.25) is 0 Å². The lowest BCUT2D eigenvalue weighted by atomic mass is 10.1. The van der Waals surface area contributed by atoms with E-state index in [1.807, 2.05) is 25.4 Å². The SMILES string of the molecule is CNC(=O)c1cccc2nn(C)cc12.FC(F)(F)COc1nc2c(s1)CCN(CC[C@H]1CCCCO1)C2. The predicted molar refractivity (Wildman–Crippen MR) is 135 cm³/mol. The van der Waals surface area contributed by atoms with E-state index in [-0.39, 0.29) is 11.1 Å². The number of carbonyl (C=O) groups is 1. The number of alkyl halides is 3. The normalized spacial score (nSPS) is 18.1. The van der Waals surface area contributed by atoms with E-state index < -0.39 is 12.8 Å². The van der Waals surface area contributed by atoms with E-state index in [1.165, 1.54) is 17.8 Å². The van der Waals surface area contributed by atoms with Crippen molar-refractivity contribution in [2.75, 3.05) is 33.4 Å². The largest absolute Gasteiger partial charge is 0.460 e. The number of nitrogens with one attached hydrogen (secondary N) is 1. The van der Waals surface area contributed by atoms with Crippen molar-refractivity contribution in [2.45, 2.75) is 50.9 Å². The van der Waals surface area contributed by atoms with Crippen LogP contribution in [0.5, 0.6) is 5.19 Å². The molecule has 1 saturated heterocycles. The molecule has 202 valence electrons. The summed E-state index contributed by atoms with van der Waals surface area (Å²) in [6, 6.07) is 5.52. The van der Waals surface area contributed by atoms with Gasteiger partial charge in [0.15, 0.2) is 6.61 Å². The Balaban J connectivity index is 0.000000195. The van der Waals surface area contributed by atoms with Crippen molar-refractivity contribution in [1.29, 1.82) is 0 Å². The average Bonchev–Trinajstić information content (AvgIpc) is 3.48. The van der Waals surface area contributed by atoms with Gasteiger partial charge in [-0.25, -0.2) is 4.98 Å². The van der Waals surface area contributed by atoms with Crippen molar-refractivity contribution in [3.63, 3.8) is 0 Å². The van der Waals surface area contributed by atoms with Crippen molar-refractivity contribution in [2.24, 2.45) is 7.05 Å². The maximum Gasteiger partial charge on any atom is 0.422 e. The first-order valence-corrected chi connectivity index (χ1v) is 13.2. The molecular formula is C25H32F3N5O3S. The number of amides is 1. The molecule has 0 bridgehead atoms. The number of carbonyl (C=O) groups excluding carboxylic acids is 1. The molecule has 4 heterocycles. The molecule has 0 radical (unpaired) electrons. The molecule has 2 aliphatic heterocycles. The zero-order valence-corrected chi connectivity index (χ0v) is 21.8. The first kappa shape index (κ1) is 27.3. The van der Waals surface area contributed by atoms with E-state index in [2.05, 4.69) is 20.3 Å². The average molecular weight is 540 g/mol. The summed E-state index contributed by atoms with van der Waals surface area (Å²) in [6.45, 7) is 2.14. The molecule has 1 atom stereocenters. The number of fused-ring (bicyclic) bond motifs is 2. The van der Waals surface area contributed by atoms with E-state index in [9.17, 15) is 18.0 Å². The fourth-order valence-electron chi connectivity index (χ4n) is 4.48. The van der Waals surface area contributed by atoms with Gasteiger partial charge in [-0.2, -0.15) is 18.3 Å². The fraction of sp³-hybridized carbons (Fsp3) is 0.560. The minimum Gasteiger partial charge on any atom is -0.460 e. The Labute approximate surface area is 217 Å². The highest BCUT2D eigenvalue weighted by atomic mass is 32.1. The standard InChI is InChI=1S/C15H21F3N2O2S.C10H11N3O/c16-15(17,18)10-22-14-19-12-9-20(7-5-13(12)23-14)6-4-11-3-1-2-8-21-11;1-11-10(14)7-4-3-5-9-8(7)6-13(2)12-9/h11H,1-10H2;3-6H,1-2H3,(H,11,14)/t11-;/m1./s1. The Kier molecular flexibility index (Phi) is 9.04. The Hall–Kier alpha value is -2.70. The van der Waals surface area contributed by atoms with Crippen LogP contribution >= 0.6 is 11.3 Å². The molecule has 1 fully saturated rings. The van der Waals surface area contributed by atoms with Crippen LogP contribution in [-0.4, -0.2) is 71.2 Å². The molecule has 0 unspecified atom stereocenters. The van der Waals surface area contributed by atoms with Gasteiger partial charge in [-0.1, -0.05) is 17.4 Å². The minimum absolute atomic E-state index is 0.0800. The van der Waals surface area contributed by atoms with Crippen molar-refractivity contribution in [3.05, 3.63) is 40.5 Å². The second-order valence-corrected chi connectivity index (χ2v) is 10.2. The van der Waals surface area contributed by atoms with Gasteiger partial charge in [0.05, 0.1) is 22.9 Å². The van der Waals surface area contributed by atoms with E-state index in [1.54, 1.807) is 17.8 Å². The summed E-state index contributed by atoms with van der Waals surface area (Å²) < 4.78 is 48.8. The second kappa shape index (κ2) is 12.2. The minimum atomic E-state index is -4.32. The van der Waals surface area contributed by atoms with Gasteiger partial charge in [0, 0.05) is 56.8 Å². The van der Waals surface area contributed by atoms with Crippen LogP contribution in [0.3, 0.4) is 0 Å². The summed E-state index contributed by atoms with van der Waals surface area (Å²) in [4.78, 5) is 19.1. The molecule has 0 spiro atoms. The van der Waals surface area contributed by atoms with Crippen LogP contribution in [0.1, 0.15) is 46.6 Å². The number of hydrogen-bond acceptors (Lipinski definition) is 7. The number of nitrogens with zero attached hydrogens (tertiary/aromatic N) is 4. The zero-order valence-electron chi connectivity index (χ0n) is 21.0. The first-order valence-electron chi connectivity index (χ1n) is 12.4. The second-order valence-electron chi connectivity index (χ2n) is 9.18. The van der Waals surface area contributed by atoms with Gasteiger partial charge in [0.25, 0.3) is 11.1 Å². The number of hydrogen-bond donors (Lipinski definition) is 1. The van der Waals surface area contributed by atoms with Gasteiger partial charge in [0.1, 0.15) is 0 Å². The van der Waals surface area contributed by atoms with Gasteiger partial charge in [-0.3, -0.25) is 14.4 Å². The third-order valence-electron chi connectivity index (χ3n) is 6.32. The van der Waals surface area contributed by atoms with Crippen LogP contribution in [0.15, 0.2) is 24.4 Å². The number of ether oxygens (including phenoxy) is 2. The number of aryl methyl sites for hydroxylation is 1.